The highest BCUT2D eigenvalue weighted by Gasteiger charge is 2.24. The number of ether oxygens (including phenoxy) is 1. The Morgan fingerprint density at radius 2 is 2.09 bits per heavy atom. The van der Waals surface area contributed by atoms with Crippen LogP contribution in [0.3, 0.4) is 0 Å². The molecule has 0 bridgehead atoms. The Kier molecular flexibility index (Phi) is 3.85. The van der Waals surface area contributed by atoms with Crippen molar-refractivity contribution in [2.75, 3.05) is 12.4 Å². The van der Waals surface area contributed by atoms with Gasteiger partial charge in [0.05, 0.1) is 7.11 Å². The summed E-state index contributed by atoms with van der Waals surface area (Å²) in [6.07, 6.45) is 1.70. The highest BCUT2D eigenvalue weighted by molar-refractivity contribution is 9.10. The third-order valence-corrected chi connectivity index (χ3v) is 4.28. The quantitative estimate of drug-likeness (QED) is 0.763. The summed E-state index contributed by atoms with van der Waals surface area (Å²) < 4.78 is 5.75. The van der Waals surface area contributed by atoms with Crippen LogP contribution in [0.5, 0.6) is 11.5 Å². The highest BCUT2D eigenvalue weighted by Crippen LogP contribution is 2.38. The van der Waals surface area contributed by atoms with Crippen molar-refractivity contribution >= 4 is 50.8 Å². The Hall–Kier alpha value is -1.98. The van der Waals surface area contributed by atoms with E-state index < -0.39 is 0 Å². The number of hydrogen-bond donors (Lipinski definition) is 2. The molecule has 0 spiro atoms. The SMILES string of the molecule is COc1cc(Br)c(/C=C2/C(=O)Nc3ccc(Cl)cc32)cc1O. The molecule has 4 nitrogen and oxygen atoms in total. The van der Waals surface area contributed by atoms with Gasteiger partial charge in [-0.1, -0.05) is 27.5 Å². The zero-order chi connectivity index (χ0) is 15.9. The summed E-state index contributed by atoms with van der Waals surface area (Å²) in [4.78, 5) is 12.1. The number of benzene rings is 2. The molecule has 0 fully saturated rings. The van der Waals surface area contributed by atoms with Gasteiger partial charge in [-0.15, -0.1) is 0 Å². The lowest BCUT2D eigenvalue weighted by molar-refractivity contribution is -0.110. The zero-order valence-corrected chi connectivity index (χ0v) is 13.8. The van der Waals surface area contributed by atoms with Crippen molar-refractivity contribution in [2.45, 2.75) is 0 Å². The smallest absolute Gasteiger partial charge is 0.256 e. The van der Waals surface area contributed by atoms with E-state index in [9.17, 15) is 9.90 Å². The molecule has 1 heterocycles. The van der Waals surface area contributed by atoms with Crippen molar-refractivity contribution in [3.8, 4) is 11.5 Å². The van der Waals surface area contributed by atoms with Crippen molar-refractivity contribution in [1.29, 1.82) is 0 Å². The highest BCUT2D eigenvalue weighted by atomic mass is 79.9. The number of methoxy groups -OCH3 is 1. The molecule has 22 heavy (non-hydrogen) atoms. The molecule has 1 amide bonds. The number of fused-ring (bicyclic) bond motifs is 1. The first-order valence-electron chi connectivity index (χ1n) is 6.39. The Balaban J connectivity index is 2.12. The summed E-state index contributed by atoms with van der Waals surface area (Å²) in [7, 11) is 1.47. The Morgan fingerprint density at radius 1 is 1.32 bits per heavy atom. The van der Waals surface area contributed by atoms with Crippen LogP contribution in [0, 0.1) is 0 Å². The summed E-state index contributed by atoms with van der Waals surface area (Å²) in [6.45, 7) is 0. The fourth-order valence-corrected chi connectivity index (χ4v) is 2.90. The maximum absolute atomic E-state index is 12.1. The van der Waals surface area contributed by atoms with E-state index in [0.29, 0.717) is 26.4 Å². The van der Waals surface area contributed by atoms with Crippen molar-refractivity contribution in [3.05, 3.63) is 51.0 Å². The molecule has 0 aromatic heterocycles. The molecule has 3 rings (SSSR count). The topological polar surface area (TPSA) is 58.6 Å². The average molecular weight is 381 g/mol. The Bertz CT molecular complexity index is 817. The fraction of sp³-hybridized carbons (Fsp3) is 0.0625. The van der Waals surface area contributed by atoms with Crippen molar-refractivity contribution < 1.29 is 14.6 Å². The molecular weight excluding hydrogens is 370 g/mol. The summed E-state index contributed by atoms with van der Waals surface area (Å²) in [6, 6.07) is 8.40. The van der Waals surface area contributed by atoms with Crippen LogP contribution in [0.2, 0.25) is 5.02 Å². The van der Waals surface area contributed by atoms with E-state index in [-0.39, 0.29) is 11.7 Å². The summed E-state index contributed by atoms with van der Waals surface area (Å²) in [5.74, 6) is 0.148. The molecule has 112 valence electrons. The maximum Gasteiger partial charge on any atom is 0.256 e. The number of nitrogens with one attached hydrogen (secondary N) is 1. The first-order chi connectivity index (χ1) is 10.5. The number of phenolic OH excluding ortho intramolecular Hbond substituents is 1. The van der Waals surface area contributed by atoms with Crippen LogP contribution in [0.15, 0.2) is 34.8 Å². The van der Waals surface area contributed by atoms with Crippen LogP contribution in [0.25, 0.3) is 11.6 Å². The molecular formula is C16H11BrClNO3. The molecule has 2 aromatic rings. The second kappa shape index (κ2) is 5.66. The number of aromatic hydroxyl groups is 1. The number of halogens is 2. The molecule has 2 N–H and O–H groups in total. The van der Waals surface area contributed by atoms with Gasteiger partial charge in [-0.3, -0.25) is 4.79 Å². The summed E-state index contributed by atoms with van der Waals surface area (Å²) in [5, 5.41) is 13.2. The second-order valence-electron chi connectivity index (χ2n) is 4.75. The van der Waals surface area contributed by atoms with Gasteiger partial charge < -0.3 is 15.2 Å². The maximum atomic E-state index is 12.1. The molecule has 0 atom stereocenters. The van der Waals surface area contributed by atoms with E-state index in [2.05, 4.69) is 21.2 Å². The van der Waals surface area contributed by atoms with Crippen LogP contribution in [-0.2, 0) is 4.79 Å². The van der Waals surface area contributed by atoms with E-state index in [4.69, 9.17) is 16.3 Å². The van der Waals surface area contributed by atoms with Crippen molar-refractivity contribution in [1.82, 2.24) is 0 Å². The van der Waals surface area contributed by atoms with E-state index in [1.54, 1.807) is 30.3 Å². The predicted octanol–water partition coefficient (Wildman–Crippen LogP) is 4.31. The van der Waals surface area contributed by atoms with Gasteiger partial charge in [0, 0.05) is 26.3 Å². The lowest BCUT2D eigenvalue weighted by Crippen LogP contribution is -2.03. The van der Waals surface area contributed by atoms with Gasteiger partial charge in [0.25, 0.3) is 5.91 Å². The minimum atomic E-state index is -0.209. The number of rotatable bonds is 2. The zero-order valence-electron chi connectivity index (χ0n) is 11.5. The predicted molar refractivity (Wildman–Crippen MR) is 90.3 cm³/mol. The van der Waals surface area contributed by atoms with E-state index in [1.807, 2.05) is 0 Å². The van der Waals surface area contributed by atoms with Gasteiger partial charge in [0.1, 0.15) is 0 Å². The molecule has 6 heteroatoms. The van der Waals surface area contributed by atoms with Crippen LogP contribution in [-0.4, -0.2) is 18.1 Å². The third kappa shape index (κ3) is 2.58. The first kappa shape index (κ1) is 14.9. The van der Waals surface area contributed by atoms with Gasteiger partial charge in [-0.05, 0) is 42.0 Å². The van der Waals surface area contributed by atoms with E-state index in [0.717, 1.165) is 11.3 Å². The van der Waals surface area contributed by atoms with Crippen LogP contribution >= 0.6 is 27.5 Å². The standard InChI is InChI=1S/C16H11BrClNO3/c1-22-15-7-12(17)8(5-14(15)20)4-11-10-6-9(18)2-3-13(10)19-16(11)21/h2-7,20H,1H3,(H,19,21)/b11-4+. The van der Waals surface area contributed by atoms with E-state index in [1.165, 1.54) is 13.2 Å². The first-order valence-corrected chi connectivity index (χ1v) is 7.56. The second-order valence-corrected chi connectivity index (χ2v) is 6.04. The minimum Gasteiger partial charge on any atom is -0.504 e. The summed E-state index contributed by atoms with van der Waals surface area (Å²) >= 11 is 9.41. The minimum absolute atomic E-state index is 0.00210. The van der Waals surface area contributed by atoms with Gasteiger partial charge >= 0.3 is 0 Å². The number of anilines is 1. The Morgan fingerprint density at radius 3 is 2.82 bits per heavy atom. The number of carbonyl (C=O) groups excluding carboxylic acids is 1. The lowest BCUT2D eigenvalue weighted by atomic mass is 10.0. The van der Waals surface area contributed by atoms with Gasteiger partial charge in [0.2, 0.25) is 0 Å². The molecule has 1 aliphatic rings. The van der Waals surface area contributed by atoms with Gasteiger partial charge in [0.15, 0.2) is 11.5 Å². The average Bonchev–Trinajstić information content (AvgIpc) is 2.78. The molecule has 1 aliphatic heterocycles. The van der Waals surface area contributed by atoms with Crippen molar-refractivity contribution in [3.63, 3.8) is 0 Å². The van der Waals surface area contributed by atoms with Gasteiger partial charge in [-0.2, -0.15) is 0 Å². The molecule has 0 radical (unpaired) electrons. The molecule has 0 aliphatic carbocycles. The molecule has 0 saturated heterocycles. The summed E-state index contributed by atoms with van der Waals surface area (Å²) in [5.41, 5.74) is 2.60. The largest absolute Gasteiger partial charge is 0.504 e. The molecule has 2 aromatic carbocycles. The Labute approximate surface area is 140 Å². The van der Waals surface area contributed by atoms with E-state index >= 15 is 0 Å². The lowest BCUT2D eigenvalue weighted by Gasteiger charge is -2.07. The molecule has 0 unspecified atom stereocenters. The third-order valence-electron chi connectivity index (χ3n) is 3.36. The number of hydrogen-bond acceptors (Lipinski definition) is 3. The normalized spacial score (nSPS) is 14.9. The number of carbonyl (C=O) groups is 1. The number of phenols is 1. The molecule has 0 saturated carbocycles. The van der Waals surface area contributed by atoms with Crippen LogP contribution in [0.1, 0.15) is 11.1 Å². The fourth-order valence-electron chi connectivity index (χ4n) is 2.29. The number of amides is 1. The van der Waals surface area contributed by atoms with Crippen LogP contribution in [0.4, 0.5) is 5.69 Å². The monoisotopic (exact) mass is 379 g/mol. The van der Waals surface area contributed by atoms with Gasteiger partial charge in [-0.25, -0.2) is 0 Å². The van der Waals surface area contributed by atoms with Crippen molar-refractivity contribution in [2.24, 2.45) is 0 Å². The van der Waals surface area contributed by atoms with Crippen LogP contribution < -0.4 is 10.1 Å².